The highest BCUT2D eigenvalue weighted by atomic mass is 35.5. The Morgan fingerprint density at radius 1 is 1.00 bits per heavy atom. The van der Waals surface area contributed by atoms with Gasteiger partial charge in [0.15, 0.2) is 0 Å². The van der Waals surface area contributed by atoms with Crippen molar-refractivity contribution in [1.29, 1.82) is 0 Å². The van der Waals surface area contributed by atoms with Gasteiger partial charge in [-0.25, -0.2) is 4.79 Å². The van der Waals surface area contributed by atoms with Gasteiger partial charge in [0, 0.05) is 48.9 Å². The number of morpholine rings is 1. The van der Waals surface area contributed by atoms with Crippen LogP contribution in [0.25, 0.3) is 11.3 Å². The lowest BCUT2D eigenvalue weighted by Crippen LogP contribution is -2.52. The van der Waals surface area contributed by atoms with Crippen LogP contribution in [-0.4, -0.2) is 65.0 Å². The number of urea groups is 1. The van der Waals surface area contributed by atoms with E-state index >= 15 is 0 Å². The number of aromatic nitrogens is 2. The maximum atomic E-state index is 13.4. The Bertz CT molecular complexity index is 1210. The van der Waals surface area contributed by atoms with Gasteiger partial charge in [-0.2, -0.15) is 18.3 Å². The minimum Gasteiger partial charge on any atom is -0.378 e. The summed E-state index contributed by atoms with van der Waals surface area (Å²) < 4.78 is 46.5. The number of benzene rings is 2. The molecule has 36 heavy (non-hydrogen) atoms. The van der Waals surface area contributed by atoms with Gasteiger partial charge in [0.05, 0.1) is 30.5 Å². The van der Waals surface area contributed by atoms with Crippen LogP contribution < -0.4 is 0 Å². The summed E-state index contributed by atoms with van der Waals surface area (Å²) in [5.41, 5.74) is 1.74. The highest BCUT2D eigenvalue weighted by molar-refractivity contribution is 6.30. The first kappa shape index (κ1) is 24.6. The molecule has 0 saturated carbocycles. The molecule has 3 heterocycles. The third kappa shape index (κ3) is 5.37. The van der Waals surface area contributed by atoms with Gasteiger partial charge in [0.25, 0.3) is 0 Å². The van der Waals surface area contributed by atoms with Crippen molar-refractivity contribution in [2.75, 3.05) is 39.4 Å². The summed E-state index contributed by atoms with van der Waals surface area (Å²) in [5.74, 6) is -0.130. The minimum atomic E-state index is -4.39. The number of carbonyl (C=O) groups excluding carboxylic acids is 1. The van der Waals surface area contributed by atoms with Gasteiger partial charge in [-0.3, -0.25) is 4.68 Å². The van der Waals surface area contributed by atoms with Gasteiger partial charge in [-0.05, 0) is 42.3 Å². The summed E-state index contributed by atoms with van der Waals surface area (Å²) in [7, 11) is 0. The number of likely N-dealkylation sites (tertiary alicyclic amines) is 1. The van der Waals surface area contributed by atoms with Gasteiger partial charge < -0.3 is 14.5 Å². The largest absolute Gasteiger partial charge is 0.416 e. The van der Waals surface area contributed by atoms with Crippen LogP contribution >= 0.6 is 11.6 Å². The summed E-state index contributed by atoms with van der Waals surface area (Å²) in [6.07, 6.45) is -1.86. The SMILES string of the molecule is O=C(N1CCOCC1)N1CC(c2ccc(C(F)(F)F)cc2)CC(n2ccc(-c3cccc(Cl)c3)n2)C1. The van der Waals surface area contributed by atoms with Crippen molar-refractivity contribution in [1.82, 2.24) is 19.6 Å². The molecule has 0 N–H and O–H groups in total. The Morgan fingerprint density at radius 2 is 1.75 bits per heavy atom. The minimum absolute atomic E-state index is 0.0814. The highest BCUT2D eigenvalue weighted by Crippen LogP contribution is 2.36. The van der Waals surface area contributed by atoms with Gasteiger partial charge in [0.2, 0.25) is 0 Å². The molecular weight excluding hydrogens is 493 g/mol. The highest BCUT2D eigenvalue weighted by Gasteiger charge is 2.35. The van der Waals surface area contributed by atoms with E-state index in [4.69, 9.17) is 21.4 Å². The Labute approximate surface area is 212 Å². The average molecular weight is 519 g/mol. The Balaban J connectivity index is 1.42. The van der Waals surface area contributed by atoms with Crippen molar-refractivity contribution >= 4 is 17.6 Å². The Kier molecular flexibility index (Phi) is 6.94. The Morgan fingerprint density at radius 3 is 2.44 bits per heavy atom. The van der Waals surface area contributed by atoms with Crippen molar-refractivity contribution in [3.63, 3.8) is 0 Å². The van der Waals surface area contributed by atoms with E-state index in [2.05, 4.69) is 0 Å². The molecule has 2 aliphatic rings. The zero-order valence-corrected chi connectivity index (χ0v) is 20.3. The van der Waals surface area contributed by atoms with E-state index in [1.54, 1.807) is 15.9 Å². The number of amides is 2. The van der Waals surface area contributed by atoms with Crippen LogP contribution in [0.3, 0.4) is 0 Å². The fraction of sp³-hybridized carbons (Fsp3) is 0.385. The lowest BCUT2D eigenvalue weighted by atomic mass is 9.87. The van der Waals surface area contributed by atoms with E-state index < -0.39 is 11.7 Å². The number of nitrogens with zero attached hydrogens (tertiary/aromatic N) is 4. The molecule has 2 aromatic carbocycles. The van der Waals surface area contributed by atoms with Gasteiger partial charge in [-0.1, -0.05) is 35.9 Å². The molecule has 6 nitrogen and oxygen atoms in total. The summed E-state index contributed by atoms with van der Waals surface area (Å²) in [6.45, 7) is 2.92. The van der Waals surface area contributed by atoms with E-state index in [-0.39, 0.29) is 18.0 Å². The van der Waals surface area contributed by atoms with Crippen LogP contribution in [0.2, 0.25) is 5.02 Å². The quantitative estimate of drug-likeness (QED) is 0.446. The maximum absolute atomic E-state index is 13.4. The summed E-state index contributed by atoms with van der Waals surface area (Å²) in [6, 6.07) is 14.4. The third-order valence-corrected chi connectivity index (χ3v) is 7.03. The van der Waals surface area contributed by atoms with Crippen molar-refractivity contribution in [2.24, 2.45) is 0 Å². The van der Waals surface area contributed by atoms with E-state index in [1.807, 2.05) is 35.1 Å². The number of halogens is 4. The first-order chi connectivity index (χ1) is 17.3. The topological polar surface area (TPSA) is 50.6 Å². The summed E-state index contributed by atoms with van der Waals surface area (Å²) in [4.78, 5) is 16.9. The number of rotatable bonds is 3. The molecule has 2 amide bonds. The standard InChI is InChI=1S/C26H26ClF3N4O2/c27-22-3-1-2-19(14-22)24-8-9-34(31-24)23-15-20(18-4-6-21(7-5-18)26(28,29)30)16-33(17-23)25(35)32-10-12-36-13-11-32/h1-9,14,20,23H,10-13,15-17H2. The molecule has 2 unspecified atom stereocenters. The Hall–Kier alpha value is -3.04. The lowest BCUT2D eigenvalue weighted by molar-refractivity contribution is -0.137. The van der Waals surface area contributed by atoms with Gasteiger partial charge in [-0.15, -0.1) is 0 Å². The van der Waals surface area contributed by atoms with Crippen molar-refractivity contribution in [3.8, 4) is 11.3 Å². The molecule has 3 aromatic rings. The van der Waals surface area contributed by atoms with Crippen LogP contribution in [0.5, 0.6) is 0 Å². The molecule has 0 bridgehead atoms. The van der Waals surface area contributed by atoms with Crippen LogP contribution in [-0.2, 0) is 10.9 Å². The summed E-state index contributed by atoms with van der Waals surface area (Å²) >= 11 is 6.14. The number of ether oxygens (including phenoxy) is 1. The predicted molar refractivity (Wildman–Crippen MR) is 130 cm³/mol. The van der Waals surface area contributed by atoms with E-state index in [0.717, 1.165) is 29.0 Å². The molecule has 5 rings (SSSR count). The smallest absolute Gasteiger partial charge is 0.378 e. The first-order valence-corrected chi connectivity index (χ1v) is 12.3. The van der Waals surface area contributed by atoms with Crippen molar-refractivity contribution in [2.45, 2.75) is 24.6 Å². The molecule has 0 aliphatic carbocycles. The lowest BCUT2D eigenvalue weighted by Gasteiger charge is -2.41. The normalized spacial score (nSPS) is 21.0. The predicted octanol–water partition coefficient (Wildman–Crippen LogP) is 5.71. The second kappa shape index (κ2) is 10.1. The molecule has 2 atom stereocenters. The molecule has 2 fully saturated rings. The van der Waals surface area contributed by atoms with Crippen molar-refractivity contribution in [3.05, 3.63) is 76.9 Å². The van der Waals surface area contributed by atoms with Crippen molar-refractivity contribution < 1.29 is 22.7 Å². The monoisotopic (exact) mass is 518 g/mol. The second-order valence-electron chi connectivity index (χ2n) is 9.18. The fourth-order valence-electron chi connectivity index (χ4n) is 4.90. The fourth-order valence-corrected chi connectivity index (χ4v) is 5.09. The summed E-state index contributed by atoms with van der Waals surface area (Å²) in [5, 5.41) is 5.38. The van der Waals surface area contributed by atoms with Crippen LogP contribution in [0.4, 0.5) is 18.0 Å². The zero-order valence-electron chi connectivity index (χ0n) is 19.5. The third-order valence-electron chi connectivity index (χ3n) is 6.79. The van der Waals surface area contributed by atoms with Crippen LogP contribution in [0.15, 0.2) is 60.8 Å². The molecular formula is C26H26ClF3N4O2. The second-order valence-corrected chi connectivity index (χ2v) is 9.62. The number of hydrogen-bond acceptors (Lipinski definition) is 3. The molecule has 0 radical (unpaired) electrons. The number of carbonyl (C=O) groups is 1. The molecule has 0 spiro atoms. The first-order valence-electron chi connectivity index (χ1n) is 11.9. The van der Waals surface area contributed by atoms with E-state index in [0.29, 0.717) is 50.8 Å². The average Bonchev–Trinajstić information content (AvgIpc) is 3.39. The van der Waals surface area contributed by atoms with E-state index in [9.17, 15) is 18.0 Å². The molecule has 10 heteroatoms. The molecule has 2 saturated heterocycles. The number of piperidine rings is 1. The number of hydrogen-bond donors (Lipinski definition) is 0. The molecule has 190 valence electrons. The van der Waals surface area contributed by atoms with E-state index in [1.165, 1.54) is 12.1 Å². The molecule has 1 aromatic heterocycles. The van der Waals surface area contributed by atoms with Gasteiger partial charge >= 0.3 is 12.2 Å². The maximum Gasteiger partial charge on any atom is 0.416 e. The number of alkyl halides is 3. The van der Waals surface area contributed by atoms with Crippen LogP contribution in [0.1, 0.15) is 29.5 Å². The van der Waals surface area contributed by atoms with Gasteiger partial charge in [0.1, 0.15) is 0 Å². The van der Waals surface area contributed by atoms with Crippen LogP contribution in [0, 0.1) is 0 Å². The molecule has 2 aliphatic heterocycles. The zero-order chi connectivity index (χ0) is 25.3.